The molecule has 0 aliphatic heterocycles. The van der Waals surface area contributed by atoms with E-state index in [-0.39, 0.29) is 6.10 Å². The van der Waals surface area contributed by atoms with Crippen molar-refractivity contribution in [3.63, 3.8) is 0 Å². The van der Waals surface area contributed by atoms with Crippen LogP contribution in [0.5, 0.6) is 5.75 Å². The summed E-state index contributed by atoms with van der Waals surface area (Å²) in [4.78, 5) is 4.14. The molecule has 0 aliphatic rings. The second-order valence-electron chi connectivity index (χ2n) is 4.85. The minimum atomic E-state index is 0.205. The molecular formula is C16H20N2O. The molecule has 1 aromatic carbocycles. The van der Waals surface area contributed by atoms with Crippen molar-refractivity contribution in [3.05, 3.63) is 53.9 Å². The molecule has 0 saturated heterocycles. The van der Waals surface area contributed by atoms with Crippen LogP contribution in [0.25, 0.3) is 0 Å². The van der Waals surface area contributed by atoms with Crippen molar-refractivity contribution in [2.45, 2.75) is 33.4 Å². The number of nitrogens with one attached hydrogen (secondary N) is 1. The molecule has 0 aliphatic carbocycles. The standard InChI is InChI=1S/C16H20N2O/c1-12(2)19-16-6-4-15(5-7-16)18-11-14-10-17-9-8-13(14)3/h4-10,12,18H,11H2,1-3H3. The van der Waals surface area contributed by atoms with Crippen molar-refractivity contribution < 1.29 is 4.74 Å². The summed E-state index contributed by atoms with van der Waals surface area (Å²) in [7, 11) is 0. The lowest BCUT2D eigenvalue weighted by Crippen LogP contribution is -2.05. The van der Waals surface area contributed by atoms with Crippen LogP contribution in [0.2, 0.25) is 0 Å². The molecule has 2 rings (SSSR count). The lowest BCUT2D eigenvalue weighted by molar-refractivity contribution is 0.242. The Labute approximate surface area is 114 Å². The summed E-state index contributed by atoms with van der Waals surface area (Å²) in [5.41, 5.74) is 3.55. The van der Waals surface area contributed by atoms with E-state index in [0.29, 0.717) is 0 Å². The van der Waals surface area contributed by atoms with Crippen LogP contribution in [0.4, 0.5) is 5.69 Å². The highest BCUT2D eigenvalue weighted by molar-refractivity contribution is 5.47. The molecule has 0 radical (unpaired) electrons. The highest BCUT2D eigenvalue weighted by Crippen LogP contribution is 2.17. The van der Waals surface area contributed by atoms with E-state index in [0.717, 1.165) is 18.0 Å². The first-order chi connectivity index (χ1) is 9.15. The van der Waals surface area contributed by atoms with Crippen LogP contribution in [0, 0.1) is 6.92 Å². The van der Waals surface area contributed by atoms with Crippen LogP contribution in [0.3, 0.4) is 0 Å². The number of anilines is 1. The predicted molar refractivity (Wildman–Crippen MR) is 78.5 cm³/mol. The first-order valence-electron chi connectivity index (χ1n) is 6.55. The van der Waals surface area contributed by atoms with Crippen LogP contribution in [-0.4, -0.2) is 11.1 Å². The third kappa shape index (κ3) is 3.98. The molecule has 0 bridgehead atoms. The minimum Gasteiger partial charge on any atom is -0.491 e. The monoisotopic (exact) mass is 256 g/mol. The molecule has 0 fully saturated rings. The summed E-state index contributed by atoms with van der Waals surface area (Å²) >= 11 is 0. The first-order valence-corrected chi connectivity index (χ1v) is 6.55. The van der Waals surface area contributed by atoms with Gasteiger partial charge in [0.2, 0.25) is 0 Å². The SMILES string of the molecule is Cc1ccncc1CNc1ccc(OC(C)C)cc1. The normalized spacial score (nSPS) is 10.5. The molecule has 0 unspecified atom stereocenters. The van der Waals surface area contributed by atoms with Crippen molar-refractivity contribution in [1.29, 1.82) is 0 Å². The van der Waals surface area contributed by atoms with Crippen LogP contribution in [0.15, 0.2) is 42.7 Å². The van der Waals surface area contributed by atoms with Gasteiger partial charge in [-0.2, -0.15) is 0 Å². The molecule has 1 heterocycles. The van der Waals surface area contributed by atoms with Gasteiger partial charge in [0, 0.05) is 24.6 Å². The van der Waals surface area contributed by atoms with Gasteiger partial charge in [-0.05, 0) is 62.2 Å². The molecule has 100 valence electrons. The molecular weight excluding hydrogens is 236 g/mol. The Kier molecular flexibility index (Phi) is 4.39. The van der Waals surface area contributed by atoms with Gasteiger partial charge in [-0.3, -0.25) is 4.98 Å². The third-order valence-electron chi connectivity index (χ3n) is 2.86. The smallest absolute Gasteiger partial charge is 0.119 e. The molecule has 0 atom stereocenters. The van der Waals surface area contributed by atoms with Gasteiger partial charge in [0.25, 0.3) is 0 Å². The first kappa shape index (κ1) is 13.4. The number of rotatable bonds is 5. The number of hydrogen-bond acceptors (Lipinski definition) is 3. The number of aromatic nitrogens is 1. The minimum absolute atomic E-state index is 0.205. The Morgan fingerprint density at radius 2 is 1.89 bits per heavy atom. The summed E-state index contributed by atoms with van der Waals surface area (Å²) < 4.78 is 5.61. The summed E-state index contributed by atoms with van der Waals surface area (Å²) in [5.74, 6) is 0.901. The Morgan fingerprint density at radius 3 is 2.53 bits per heavy atom. The molecule has 3 heteroatoms. The Morgan fingerprint density at radius 1 is 1.16 bits per heavy atom. The van der Waals surface area contributed by atoms with Crippen molar-refractivity contribution in [2.24, 2.45) is 0 Å². The van der Waals surface area contributed by atoms with Crippen LogP contribution >= 0.6 is 0 Å². The van der Waals surface area contributed by atoms with Gasteiger partial charge >= 0.3 is 0 Å². The molecule has 0 spiro atoms. The summed E-state index contributed by atoms with van der Waals surface area (Å²) in [6.45, 7) is 6.93. The van der Waals surface area contributed by atoms with Crippen molar-refractivity contribution in [3.8, 4) is 5.75 Å². The highest BCUT2D eigenvalue weighted by atomic mass is 16.5. The van der Waals surface area contributed by atoms with E-state index in [9.17, 15) is 0 Å². The molecule has 1 aromatic heterocycles. The maximum Gasteiger partial charge on any atom is 0.119 e. The van der Waals surface area contributed by atoms with E-state index in [1.165, 1.54) is 11.1 Å². The zero-order valence-electron chi connectivity index (χ0n) is 11.7. The summed E-state index contributed by atoms with van der Waals surface area (Å²) in [5, 5.41) is 3.39. The third-order valence-corrected chi connectivity index (χ3v) is 2.86. The quantitative estimate of drug-likeness (QED) is 0.883. The van der Waals surface area contributed by atoms with Crippen molar-refractivity contribution in [1.82, 2.24) is 4.98 Å². The second kappa shape index (κ2) is 6.23. The Bertz CT molecular complexity index is 521. The topological polar surface area (TPSA) is 34.2 Å². The van der Waals surface area contributed by atoms with Gasteiger partial charge < -0.3 is 10.1 Å². The number of benzene rings is 1. The molecule has 0 saturated carbocycles. The van der Waals surface area contributed by atoms with E-state index in [1.807, 2.05) is 56.6 Å². The van der Waals surface area contributed by atoms with Crippen LogP contribution in [0.1, 0.15) is 25.0 Å². The van der Waals surface area contributed by atoms with Gasteiger partial charge in [0.05, 0.1) is 6.10 Å². The lowest BCUT2D eigenvalue weighted by atomic mass is 10.1. The molecule has 2 aromatic rings. The van der Waals surface area contributed by atoms with Crippen LogP contribution in [-0.2, 0) is 6.54 Å². The van der Waals surface area contributed by atoms with E-state index >= 15 is 0 Å². The van der Waals surface area contributed by atoms with Gasteiger partial charge in [0.15, 0.2) is 0 Å². The zero-order valence-corrected chi connectivity index (χ0v) is 11.7. The number of aryl methyl sites for hydroxylation is 1. The van der Waals surface area contributed by atoms with Gasteiger partial charge in [-0.15, -0.1) is 0 Å². The number of pyridine rings is 1. The molecule has 3 nitrogen and oxygen atoms in total. The van der Waals surface area contributed by atoms with E-state index in [2.05, 4.69) is 17.2 Å². The number of hydrogen-bond donors (Lipinski definition) is 1. The maximum absolute atomic E-state index is 5.61. The number of nitrogens with zero attached hydrogens (tertiary/aromatic N) is 1. The lowest BCUT2D eigenvalue weighted by Gasteiger charge is -2.11. The van der Waals surface area contributed by atoms with Crippen LogP contribution < -0.4 is 10.1 Å². The predicted octanol–water partition coefficient (Wildman–Crippen LogP) is 3.79. The molecule has 0 amide bonds. The second-order valence-corrected chi connectivity index (χ2v) is 4.85. The molecule has 1 N–H and O–H groups in total. The summed E-state index contributed by atoms with van der Waals surface area (Å²) in [6.07, 6.45) is 3.92. The highest BCUT2D eigenvalue weighted by Gasteiger charge is 2.00. The average molecular weight is 256 g/mol. The maximum atomic E-state index is 5.61. The van der Waals surface area contributed by atoms with Crippen molar-refractivity contribution >= 4 is 5.69 Å². The zero-order chi connectivity index (χ0) is 13.7. The molecule has 19 heavy (non-hydrogen) atoms. The van der Waals surface area contributed by atoms with E-state index in [4.69, 9.17) is 4.74 Å². The fraction of sp³-hybridized carbons (Fsp3) is 0.312. The van der Waals surface area contributed by atoms with Crippen molar-refractivity contribution in [2.75, 3.05) is 5.32 Å². The van der Waals surface area contributed by atoms with Gasteiger partial charge in [-0.1, -0.05) is 0 Å². The fourth-order valence-corrected chi connectivity index (χ4v) is 1.80. The summed E-state index contributed by atoms with van der Waals surface area (Å²) in [6, 6.07) is 10.1. The van der Waals surface area contributed by atoms with Gasteiger partial charge in [-0.25, -0.2) is 0 Å². The fourth-order valence-electron chi connectivity index (χ4n) is 1.80. The number of ether oxygens (including phenoxy) is 1. The average Bonchev–Trinajstić information content (AvgIpc) is 2.39. The largest absolute Gasteiger partial charge is 0.491 e. The Hall–Kier alpha value is -2.03. The Balaban J connectivity index is 1.95. The van der Waals surface area contributed by atoms with E-state index < -0.39 is 0 Å². The van der Waals surface area contributed by atoms with Gasteiger partial charge in [0.1, 0.15) is 5.75 Å². The van der Waals surface area contributed by atoms with E-state index in [1.54, 1.807) is 0 Å².